The number of aryl methyl sites for hydroxylation is 1. The minimum atomic E-state index is -0.174. The molecule has 0 spiro atoms. The highest BCUT2D eigenvalue weighted by atomic mass is 16.5. The lowest BCUT2D eigenvalue weighted by atomic mass is 10.1. The molecule has 2 saturated heterocycles. The highest BCUT2D eigenvalue weighted by molar-refractivity contribution is 5.95. The van der Waals surface area contributed by atoms with Crippen LogP contribution in [-0.4, -0.2) is 91.2 Å². The number of likely N-dealkylation sites (N-methyl/N-ethyl adjacent to an activating group) is 1. The average molecular weight is 602 g/mol. The number of rotatable bonds is 11. The zero-order valence-corrected chi connectivity index (χ0v) is 25.5. The quantitative estimate of drug-likeness (QED) is 0.264. The molecule has 10 nitrogen and oxygen atoms in total. The van der Waals surface area contributed by atoms with Crippen molar-refractivity contribution < 1.29 is 25.2 Å². The minimum absolute atomic E-state index is 0. The van der Waals surface area contributed by atoms with Gasteiger partial charge in [0.05, 0.1) is 18.7 Å². The van der Waals surface area contributed by atoms with Gasteiger partial charge in [0.25, 0.3) is 5.91 Å². The number of carbonyl (C=O) groups is 1. The van der Waals surface area contributed by atoms with Gasteiger partial charge in [0.15, 0.2) is 0 Å². The van der Waals surface area contributed by atoms with Gasteiger partial charge < -0.3 is 29.2 Å². The van der Waals surface area contributed by atoms with Crippen molar-refractivity contribution in [3.63, 3.8) is 0 Å². The maximum atomic E-state index is 12.9. The largest absolute Gasteiger partial charge is 0.492 e. The molecule has 1 aromatic heterocycles. The molecule has 6 rings (SSSR count). The Labute approximate surface area is 259 Å². The topological polar surface area (TPSA) is 90.3 Å². The second kappa shape index (κ2) is 14.1. The number of amides is 1. The maximum absolute atomic E-state index is 12.9. The molecule has 0 aliphatic carbocycles. The lowest BCUT2D eigenvalue weighted by molar-refractivity contribution is 0.0260. The Bertz CT molecular complexity index is 1550. The molecular formula is C34H43N5O5. The van der Waals surface area contributed by atoms with Crippen LogP contribution in [0.1, 0.15) is 30.2 Å². The van der Waals surface area contributed by atoms with Crippen molar-refractivity contribution in [1.29, 1.82) is 0 Å². The summed E-state index contributed by atoms with van der Waals surface area (Å²) in [4.78, 5) is 17.7. The number of aromatic nitrogens is 2. The molecule has 1 amide bonds. The zero-order valence-electron chi connectivity index (χ0n) is 25.5. The Kier molecular flexibility index (Phi) is 9.60. The Morgan fingerprint density at radius 2 is 1.77 bits per heavy atom. The Hall–Kier alpha value is -4.12. The van der Waals surface area contributed by atoms with Crippen LogP contribution in [0.25, 0.3) is 10.9 Å². The third-order valence-corrected chi connectivity index (χ3v) is 8.20. The summed E-state index contributed by atoms with van der Waals surface area (Å²) in [5.41, 5.74) is 2.39. The molecule has 0 atom stereocenters. The third-order valence-electron chi connectivity index (χ3n) is 8.20. The van der Waals surface area contributed by atoms with Crippen molar-refractivity contribution in [2.75, 3.05) is 59.6 Å². The molecular weight excluding hydrogens is 558 g/mol. The number of hydrogen-bond donors (Lipinski definition) is 1. The van der Waals surface area contributed by atoms with E-state index in [1.54, 1.807) is 16.8 Å². The van der Waals surface area contributed by atoms with Crippen molar-refractivity contribution >= 4 is 16.8 Å². The van der Waals surface area contributed by atoms with Crippen LogP contribution < -0.4 is 19.5 Å². The molecule has 2 aliphatic rings. The Morgan fingerprint density at radius 3 is 2.57 bits per heavy atom. The molecule has 0 unspecified atom stereocenters. The summed E-state index contributed by atoms with van der Waals surface area (Å²) in [6, 6.07) is 20.9. The molecule has 0 saturated carbocycles. The molecule has 44 heavy (non-hydrogen) atoms. The smallest absolute Gasteiger partial charge is 0.251 e. The summed E-state index contributed by atoms with van der Waals surface area (Å²) in [6.07, 6.45) is 1.65. The van der Waals surface area contributed by atoms with Gasteiger partial charge in [0, 0.05) is 78.3 Å². The SMILES string of the molecule is CN1CCN(CCOc2cc(OC3CCOCC3)c3c(Oc4cccc(C(=O)NCc5ccccc5)c4)nn(C)c3c2)CC1.[HH]. The monoisotopic (exact) mass is 601 g/mol. The second-order valence-corrected chi connectivity index (χ2v) is 11.5. The molecule has 1 N–H and O–H groups in total. The van der Waals surface area contributed by atoms with Crippen LogP contribution in [0.3, 0.4) is 0 Å². The molecule has 0 radical (unpaired) electrons. The summed E-state index contributed by atoms with van der Waals surface area (Å²) in [7, 11) is 4.05. The fourth-order valence-electron chi connectivity index (χ4n) is 5.56. The molecule has 10 heteroatoms. The summed E-state index contributed by atoms with van der Waals surface area (Å²) in [6.45, 7) is 7.51. The van der Waals surface area contributed by atoms with Gasteiger partial charge in [0.2, 0.25) is 5.88 Å². The lowest BCUT2D eigenvalue weighted by Crippen LogP contribution is -2.45. The number of hydrogen-bond acceptors (Lipinski definition) is 8. The highest BCUT2D eigenvalue weighted by Crippen LogP contribution is 2.40. The van der Waals surface area contributed by atoms with Gasteiger partial charge in [-0.1, -0.05) is 36.4 Å². The standard InChI is InChI=1S/C34H41N5O5.H2/c1-37-13-15-39(16-14-37)17-20-42-29-22-30-32(31(23-29)43-27-11-18-41-19-12-27)34(36-38(30)2)44-28-10-6-9-26(21-28)33(40)35-24-25-7-4-3-5-8-25;/h3-10,21-23,27H,11-20,24H2,1-2H3,(H,35,40);1H. The second-order valence-electron chi connectivity index (χ2n) is 11.5. The molecule has 3 heterocycles. The minimum Gasteiger partial charge on any atom is -0.492 e. The van der Waals surface area contributed by atoms with E-state index in [0.717, 1.165) is 67.8 Å². The van der Waals surface area contributed by atoms with Gasteiger partial charge in [-0.2, -0.15) is 0 Å². The van der Waals surface area contributed by atoms with Gasteiger partial charge in [-0.25, -0.2) is 0 Å². The van der Waals surface area contributed by atoms with Crippen molar-refractivity contribution in [1.82, 2.24) is 24.9 Å². The number of carbonyl (C=O) groups excluding carboxylic acids is 1. The Balaban J connectivity index is 0.00000400. The van der Waals surface area contributed by atoms with Crippen molar-refractivity contribution in [2.24, 2.45) is 7.05 Å². The lowest BCUT2D eigenvalue weighted by Gasteiger charge is -2.32. The molecule has 0 bridgehead atoms. The van der Waals surface area contributed by atoms with E-state index in [0.29, 0.717) is 49.3 Å². The average Bonchev–Trinajstić information content (AvgIpc) is 3.36. The van der Waals surface area contributed by atoms with E-state index < -0.39 is 0 Å². The predicted molar refractivity (Wildman–Crippen MR) is 171 cm³/mol. The maximum Gasteiger partial charge on any atom is 0.251 e. The van der Waals surface area contributed by atoms with Crippen LogP contribution in [0, 0.1) is 0 Å². The number of ether oxygens (including phenoxy) is 4. The predicted octanol–water partition coefficient (Wildman–Crippen LogP) is 4.73. The number of piperazine rings is 1. The molecule has 2 fully saturated rings. The number of nitrogens with one attached hydrogen (secondary N) is 1. The van der Waals surface area contributed by atoms with E-state index in [-0.39, 0.29) is 13.4 Å². The van der Waals surface area contributed by atoms with E-state index in [1.165, 1.54) is 0 Å². The van der Waals surface area contributed by atoms with Crippen LogP contribution in [0.2, 0.25) is 0 Å². The summed E-state index contributed by atoms with van der Waals surface area (Å²) < 4.78 is 26.5. The van der Waals surface area contributed by atoms with Crippen molar-refractivity contribution in [2.45, 2.75) is 25.5 Å². The fraction of sp³-hybridized carbons (Fsp3) is 0.412. The number of fused-ring (bicyclic) bond motifs is 1. The van der Waals surface area contributed by atoms with Crippen molar-refractivity contribution in [3.05, 3.63) is 77.9 Å². The van der Waals surface area contributed by atoms with E-state index in [2.05, 4.69) is 22.2 Å². The van der Waals surface area contributed by atoms with E-state index in [1.807, 2.05) is 61.6 Å². The zero-order chi connectivity index (χ0) is 30.3. The molecule has 3 aromatic carbocycles. The molecule has 2 aliphatic heterocycles. The normalized spacial score (nSPS) is 16.6. The first kappa shape index (κ1) is 29.9. The van der Waals surface area contributed by atoms with Crippen LogP contribution in [0.5, 0.6) is 23.1 Å². The van der Waals surface area contributed by atoms with E-state index in [9.17, 15) is 4.79 Å². The van der Waals surface area contributed by atoms with E-state index in [4.69, 9.17) is 24.0 Å². The molecule has 4 aromatic rings. The Morgan fingerprint density at radius 1 is 0.977 bits per heavy atom. The highest BCUT2D eigenvalue weighted by Gasteiger charge is 2.23. The molecule has 234 valence electrons. The fourth-order valence-corrected chi connectivity index (χ4v) is 5.56. The van der Waals surface area contributed by atoms with Gasteiger partial charge in [0.1, 0.15) is 35.3 Å². The van der Waals surface area contributed by atoms with Crippen molar-refractivity contribution in [3.8, 4) is 23.1 Å². The van der Waals surface area contributed by atoms with Gasteiger partial charge in [-0.3, -0.25) is 14.4 Å². The third kappa shape index (κ3) is 7.50. The number of nitrogens with zero attached hydrogens (tertiary/aromatic N) is 4. The van der Waals surface area contributed by atoms with Crippen LogP contribution >= 0.6 is 0 Å². The van der Waals surface area contributed by atoms with E-state index >= 15 is 0 Å². The summed E-state index contributed by atoms with van der Waals surface area (Å²) in [5, 5.41) is 8.46. The number of benzene rings is 3. The van der Waals surface area contributed by atoms with Crippen LogP contribution in [0.4, 0.5) is 0 Å². The first-order valence-electron chi connectivity index (χ1n) is 15.4. The summed E-state index contributed by atoms with van der Waals surface area (Å²) in [5.74, 6) is 2.16. The summed E-state index contributed by atoms with van der Waals surface area (Å²) >= 11 is 0. The first-order chi connectivity index (χ1) is 21.5. The van der Waals surface area contributed by atoms with Gasteiger partial charge in [-0.05, 0) is 30.8 Å². The van der Waals surface area contributed by atoms with Gasteiger partial charge in [-0.15, -0.1) is 5.10 Å². The van der Waals surface area contributed by atoms with Crippen LogP contribution in [0.15, 0.2) is 66.7 Å². The van der Waals surface area contributed by atoms with Crippen LogP contribution in [-0.2, 0) is 18.3 Å². The van der Waals surface area contributed by atoms with Gasteiger partial charge >= 0.3 is 0 Å². The first-order valence-corrected chi connectivity index (χ1v) is 15.4.